The second kappa shape index (κ2) is 6.35. The fourth-order valence-corrected chi connectivity index (χ4v) is 3.08. The summed E-state index contributed by atoms with van der Waals surface area (Å²) in [6.07, 6.45) is 2.22. The van der Waals surface area contributed by atoms with E-state index >= 15 is 0 Å². The molecule has 1 aromatic carbocycles. The maximum Gasteiger partial charge on any atom is 0.182 e. The van der Waals surface area contributed by atoms with Gasteiger partial charge in [0.25, 0.3) is 0 Å². The Labute approximate surface area is 127 Å². The molecule has 20 heavy (non-hydrogen) atoms. The minimum atomic E-state index is 0.259. The minimum Gasteiger partial charge on any atom is -0.399 e. The number of benzene rings is 1. The average Bonchev–Trinajstić information content (AvgIpc) is 2.88. The zero-order chi connectivity index (χ0) is 14.7. The molecule has 1 heterocycles. The summed E-state index contributed by atoms with van der Waals surface area (Å²) in [7, 11) is 0. The smallest absolute Gasteiger partial charge is 0.182 e. The Kier molecular flexibility index (Phi) is 4.75. The number of rotatable bonds is 5. The molecule has 108 valence electrons. The van der Waals surface area contributed by atoms with Crippen molar-refractivity contribution in [3.05, 3.63) is 22.7 Å². The molecule has 2 aromatic rings. The van der Waals surface area contributed by atoms with Crippen LogP contribution in [-0.4, -0.2) is 20.2 Å². The van der Waals surface area contributed by atoms with Gasteiger partial charge in [0.05, 0.1) is 6.04 Å². The Morgan fingerprint density at radius 3 is 2.55 bits per heavy atom. The standard InChI is InChI=1S/C14H20BrN5/c1-4-10(5-2)9(3)20-14(17-18-19-20)11-6-12(15)8-13(16)7-11/h6-10H,4-5,16H2,1-3H3. The second-order valence-corrected chi connectivity index (χ2v) is 5.95. The van der Waals surface area contributed by atoms with Crippen molar-refractivity contribution < 1.29 is 0 Å². The molecule has 0 amide bonds. The Bertz CT molecular complexity index is 556. The van der Waals surface area contributed by atoms with Gasteiger partial charge in [-0.2, -0.15) is 0 Å². The maximum absolute atomic E-state index is 5.90. The van der Waals surface area contributed by atoms with Crippen LogP contribution in [0.15, 0.2) is 22.7 Å². The van der Waals surface area contributed by atoms with Gasteiger partial charge in [-0.15, -0.1) is 5.10 Å². The molecule has 0 fully saturated rings. The largest absolute Gasteiger partial charge is 0.399 e. The van der Waals surface area contributed by atoms with Crippen LogP contribution in [0.3, 0.4) is 0 Å². The maximum atomic E-state index is 5.90. The predicted octanol–water partition coefficient (Wildman–Crippen LogP) is 3.68. The van der Waals surface area contributed by atoms with E-state index in [0.29, 0.717) is 11.6 Å². The molecule has 1 aromatic heterocycles. The van der Waals surface area contributed by atoms with Gasteiger partial charge < -0.3 is 5.73 Å². The van der Waals surface area contributed by atoms with Crippen molar-refractivity contribution in [2.24, 2.45) is 5.92 Å². The van der Waals surface area contributed by atoms with Crippen LogP contribution in [0.5, 0.6) is 0 Å². The predicted molar refractivity (Wildman–Crippen MR) is 84.1 cm³/mol. The van der Waals surface area contributed by atoms with Gasteiger partial charge in [-0.3, -0.25) is 0 Å². The van der Waals surface area contributed by atoms with Crippen molar-refractivity contribution in [2.75, 3.05) is 5.73 Å². The lowest BCUT2D eigenvalue weighted by atomic mass is 9.95. The minimum absolute atomic E-state index is 0.259. The van der Waals surface area contributed by atoms with Gasteiger partial charge in [-0.05, 0) is 41.5 Å². The third-order valence-electron chi connectivity index (χ3n) is 3.79. The molecule has 0 aliphatic heterocycles. The molecule has 0 aliphatic carbocycles. The normalized spacial score (nSPS) is 12.8. The highest BCUT2D eigenvalue weighted by molar-refractivity contribution is 9.10. The molecule has 0 bridgehead atoms. The van der Waals surface area contributed by atoms with Crippen LogP contribution in [0.2, 0.25) is 0 Å². The van der Waals surface area contributed by atoms with Crippen LogP contribution < -0.4 is 5.73 Å². The average molecular weight is 338 g/mol. The number of aromatic nitrogens is 4. The fraction of sp³-hybridized carbons (Fsp3) is 0.500. The topological polar surface area (TPSA) is 69.6 Å². The van der Waals surface area contributed by atoms with Gasteiger partial charge in [0.2, 0.25) is 0 Å². The first-order chi connectivity index (χ1) is 9.56. The van der Waals surface area contributed by atoms with Gasteiger partial charge in [0.1, 0.15) is 0 Å². The van der Waals surface area contributed by atoms with E-state index in [1.807, 2.05) is 22.9 Å². The molecule has 0 radical (unpaired) electrons. The number of nitrogens with two attached hydrogens (primary N) is 1. The van der Waals surface area contributed by atoms with E-state index < -0.39 is 0 Å². The molecule has 2 N–H and O–H groups in total. The highest BCUT2D eigenvalue weighted by atomic mass is 79.9. The Balaban J connectivity index is 2.42. The van der Waals surface area contributed by atoms with Crippen LogP contribution in [0, 0.1) is 5.92 Å². The Hall–Kier alpha value is -1.43. The molecule has 0 saturated carbocycles. The first kappa shape index (κ1) is 15.0. The van der Waals surface area contributed by atoms with Crippen LogP contribution >= 0.6 is 15.9 Å². The summed E-state index contributed by atoms with van der Waals surface area (Å²) in [5.41, 5.74) is 7.52. The van der Waals surface area contributed by atoms with E-state index in [4.69, 9.17) is 5.73 Å². The molecular formula is C14H20BrN5. The summed E-state index contributed by atoms with van der Waals surface area (Å²) >= 11 is 3.46. The lowest BCUT2D eigenvalue weighted by Crippen LogP contribution is -2.18. The summed E-state index contributed by atoms with van der Waals surface area (Å²) in [5.74, 6) is 1.32. The van der Waals surface area contributed by atoms with E-state index in [2.05, 4.69) is 52.2 Å². The number of nitrogen functional groups attached to an aromatic ring is 1. The monoisotopic (exact) mass is 337 g/mol. The molecule has 0 aliphatic rings. The highest BCUT2D eigenvalue weighted by Gasteiger charge is 2.21. The lowest BCUT2D eigenvalue weighted by molar-refractivity contribution is 0.309. The van der Waals surface area contributed by atoms with E-state index in [1.165, 1.54) is 0 Å². The highest BCUT2D eigenvalue weighted by Crippen LogP contribution is 2.29. The third-order valence-corrected chi connectivity index (χ3v) is 4.25. The quantitative estimate of drug-likeness (QED) is 0.845. The molecular weight excluding hydrogens is 318 g/mol. The summed E-state index contributed by atoms with van der Waals surface area (Å²) in [6, 6.07) is 6.00. The second-order valence-electron chi connectivity index (χ2n) is 5.04. The SMILES string of the molecule is CCC(CC)C(C)n1nnnc1-c1cc(N)cc(Br)c1. The fourth-order valence-electron chi connectivity index (χ4n) is 2.57. The summed E-state index contributed by atoms with van der Waals surface area (Å²) in [5, 5.41) is 12.2. The van der Waals surface area contributed by atoms with E-state index in [-0.39, 0.29) is 6.04 Å². The van der Waals surface area contributed by atoms with Gasteiger partial charge in [0.15, 0.2) is 5.82 Å². The number of nitrogens with zero attached hydrogens (tertiary/aromatic N) is 4. The van der Waals surface area contributed by atoms with Gasteiger partial charge >= 0.3 is 0 Å². The van der Waals surface area contributed by atoms with Gasteiger partial charge in [-0.1, -0.05) is 42.6 Å². The lowest BCUT2D eigenvalue weighted by Gasteiger charge is -2.22. The van der Waals surface area contributed by atoms with Crippen molar-refractivity contribution in [1.29, 1.82) is 0 Å². The first-order valence-electron chi connectivity index (χ1n) is 6.91. The first-order valence-corrected chi connectivity index (χ1v) is 7.70. The van der Waals surface area contributed by atoms with Crippen molar-refractivity contribution in [3.63, 3.8) is 0 Å². The number of halogens is 1. The molecule has 0 spiro atoms. The molecule has 1 unspecified atom stereocenters. The molecule has 0 saturated heterocycles. The summed E-state index contributed by atoms with van der Waals surface area (Å²) in [6.45, 7) is 6.57. The zero-order valence-electron chi connectivity index (χ0n) is 12.0. The van der Waals surface area contributed by atoms with Crippen LogP contribution in [0.25, 0.3) is 11.4 Å². The van der Waals surface area contributed by atoms with Crippen molar-refractivity contribution >= 4 is 21.6 Å². The van der Waals surface area contributed by atoms with E-state index in [1.54, 1.807) is 0 Å². The van der Waals surface area contributed by atoms with Crippen LogP contribution in [0.1, 0.15) is 39.7 Å². The van der Waals surface area contributed by atoms with Gasteiger partial charge in [-0.25, -0.2) is 4.68 Å². The third kappa shape index (κ3) is 3.00. The summed E-state index contributed by atoms with van der Waals surface area (Å²) in [4.78, 5) is 0. The van der Waals surface area contributed by atoms with Crippen molar-refractivity contribution in [3.8, 4) is 11.4 Å². The Morgan fingerprint density at radius 1 is 1.25 bits per heavy atom. The Morgan fingerprint density at radius 2 is 1.95 bits per heavy atom. The number of hydrogen-bond donors (Lipinski definition) is 1. The molecule has 1 atom stereocenters. The number of anilines is 1. The number of hydrogen-bond acceptors (Lipinski definition) is 4. The summed E-state index contributed by atoms with van der Waals surface area (Å²) < 4.78 is 2.83. The van der Waals surface area contributed by atoms with Crippen LogP contribution in [0.4, 0.5) is 5.69 Å². The van der Waals surface area contributed by atoms with E-state index in [0.717, 1.165) is 28.7 Å². The number of tetrazole rings is 1. The molecule has 6 heteroatoms. The molecule has 5 nitrogen and oxygen atoms in total. The molecule has 2 rings (SSSR count). The van der Waals surface area contributed by atoms with Gasteiger partial charge in [0, 0.05) is 15.7 Å². The van der Waals surface area contributed by atoms with Crippen molar-refractivity contribution in [1.82, 2.24) is 20.2 Å². The van der Waals surface area contributed by atoms with Crippen LogP contribution in [-0.2, 0) is 0 Å². The zero-order valence-corrected chi connectivity index (χ0v) is 13.6. The van der Waals surface area contributed by atoms with Crippen molar-refractivity contribution in [2.45, 2.75) is 39.7 Å². The van der Waals surface area contributed by atoms with E-state index in [9.17, 15) is 0 Å².